The SMILES string of the molecule is Cc1ccc2c(n1)OCC1C[C@H]([C@@H](C)C(=O)Nc3ccc(Cl)cc3)CC[C@H]21. The van der Waals surface area contributed by atoms with Gasteiger partial charge < -0.3 is 10.1 Å². The Morgan fingerprint density at radius 1 is 1.22 bits per heavy atom. The van der Waals surface area contributed by atoms with E-state index in [1.165, 1.54) is 5.56 Å². The number of aryl methyl sites for hydroxylation is 1. The fourth-order valence-corrected chi connectivity index (χ4v) is 4.60. The van der Waals surface area contributed by atoms with Gasteiger partial charge in [-0.2, -0.15) is 0 Å². The van der Waals surface area contributed by atoms with Gasteiger partial charge in [-0.15, -0.1) is 0 Å². The van der Waals surface area contributed by atoms with Crippen molar-refractivity contribution in [3.63, 3.8) is 0 Å². The minimum Gasteiger partial charge on any atom is -0.477 e. The molecule has 1 aliphatic carbocycles. The van der Waals surface area contributed by atoms with Crippen molar-refractivity contribution in [3.05, 3.63) is 52.7 Å². The van der Waals surface area contributed by atoms with Crippen LogP contribution in [0.25, 0.3) is 0 Å². The number of fused-ring (bicyclic) bond motifs is 3. The first-order valence-corrected chi connectivity index (χ1v) is 10.1. The van der Waals surface area contributed by atoms with Gasteiger partial charge in [0.25, 0.3) is 0 Å². The number of benzene rings is 1. The van der Waals surface area contributed by atoms with Gasteiger partial charge in [-0.1, -0.05) is 24.6 Å². The first-order chi connectivity index (χ1) is 13.0. The number of ether oxygens (including phenoxy) is 1. The number of halogens is 1. The predicted molar refractivity (Wildman–Crippen MR) is 107 cm³/mol. The smallest absolute Gasteiger partial charge is 0.227 e. The van der Waals surface area contributed by atoms with Crippen molar-refractivity contribution in [2.24, 2.45) is 17.8 Å². The maximum absolute atomic E-state index is 12.7. The molecule has 1 N–H and O–H groups in total. The number of aromatic nitrogens is 1. The van der Waals surface area contributed by atoms with Crippen molar-refractivity contribution in [1.29, 1.82) is 0 Å². The lowest BCUT2D eigenvalue weighted by Gasteiger charge is -2.41. The Morgan fingerprint density at radius 2 is 2.00 bits per heavy atom. The lowest BCUT2D eigenvalue weighted by Crippen LogP contribution is -2.37. The second-order valence-corrected chi connectivity index (χ2v) is 8.32. The summed E-state index contributed by atoms with van der Waals surface area (Å²) in [6.07, 6.45) is 3.17. The predicted octanol–water partition coefficient (Wildman–Crippen LogP) is 5.21. The zero-order valence-electron chi connectivity index (χ0n) is 15.7. The van der Waals surface area contributed by atoms with Crippen LogP contribution in [0.2, 0.25) is 5.02 Å². The van der Waals surface area contributed by atoms with Gasteiger partial charge in [0.15, 0.2) is 0 Å². The Labute approximate surface area is 165 Å². The van der Waals surface area contributed by atoms with Gasteiger partial charge in [0, 0.05) is 33.8 Å². The number of carbonyl (C=O) groups excluding carboxylic acids is 1. The largest absolute Gasteiger partial charge is 0.477 e. The van der Waals surface area contributed by atoms with Gasteiger partial charge in [-0.25, -0.2) is 4.98 Å². The number of carbonyl (C=O) groups is 1. The summed E-state index contributed by atoms with van der Waals surface area (Å²) in [6.45, 7) is 4.74. The summed E-state index contributed by atoms with van der Waals surface area (Å²) in [5.41, 5.74) is 3.03. The topological polar surface area (TPSA) is 51.2 Å². The first kappa shape index (κ1) is 18.3. The molecular formula is C22H25ClN2O2. The molecule has 4 atom stereocenters. The number of rotatable bonds is 3. The molecule has 4 nitrogen and oxygen atoms in total. The minimum absolute atomic E-state index is 0.0285. The highest BCUT2D eigenvalue weighted by molar-refractivity contribution is 6.30. The number of hydrogen-bond acceptors (Lipinski definition) is 3. The van der Waals surface area contributed by atoms with Crippen molar-refractivity contribution in [2.75, 3.05) is 11.9 Å². The molecule has 1 unspecified atom stereocenters. The molecule has 1 aromatic heterocycles. The van der Waals surface area contributed by atoms with Crippen LogP contribution in [0.1, 0.15) is 43.4 Å². The van der Waals surface area contributed by atoms with Crippen molar-refractivity contribution in [3.8, 4) is 5.88 Å². The first-order valence-electron chi connectivity index (χ1n) is 9.68. The fraction of sp³-hybridized carbons (Fsp3) is 0.455. The standard InChI is InChI=1S/C22H25ClN2O2/c1-13-3-9-20-19-10-4-15(11-16(19)12-27-22(20)24-13)14(2)21(26)25-18-7-5-17(23)6-8-18/h3,5-9,14-16,19H,4,10-12H2,1-2H3,(H,25,26)/t14-,15-,16?,19+/m1/s1. The van der Waals surface area contributed by atoms with Crippen molar-refractivity contribution >= 4 is 23.2 Å². The molecule has 0 radical (unpaired) electrons. The fourth-order valence-electron chi connectivity index (χ4n) is 4.48. The molecule has 0 spiro atoms. The van der Waals surface area contributed by atoms with Crippen LogP contribution in [0, 0.1) is 24.7 Å². The normalized spacial score (nSPS) is 24.9. The van der Waals surface area contributed by atoms with Gasteiger partial charge in [-0.05, 0) is 68.4 Å². The lowest BCUT2D eigenvalue weighted by atomic mass is 9.67. The third-order valence-electron chi connectivity index (χ3n) is 6.12. The van der Waals surface area contributed by atoms with E-state index in [1.54, 1.807) is 12.1 Å². The molecule has 1 aliphatic heterocycles. The van der Waals surface area contributed by atoms with Crippen LogP contribution < -0.4 is 10.1 Å². The molecular weight excluding hydrogens is 360 g/mol. The molecule has 142 valence electrons. The summed E-state index contributed by atoms with van der Waals surface area (Å²) in [4.78, 5) is 17.3. The van der Waals surface area contributed by atoms with E-state index in [2.05, 4.69) is 22.4 Å². The van der Waals surface area contributed by atoms with Crippen LogP contribution in [0.3, 0.4) is 0 Å². The van der Waals surface area contributed by atoms with E-state index in [9.17, 15) is 4.79 Å². The molecule has 2 aromatic rings. The highest BCUT2D eigenvalue weighted by Crippen LogP contribution is 2.47. The summed E-state index contributed by atoms with van der Waals surface area (Å²) in [6, 6.07) is 11.5. The Balaban J connectivity index is 1.41. The molecule has 2 heterocycles. The lowest BCUT2D eigenvalue weighted by molar-refractivity contribution is -0.121. The summed E-state index contributed by atoms with van der Waals surface area (Å²) in [5.74, 6) is 2.20. The number of pyridine rings is 1. The van der Waals surface area contributed by atoms with Crippen LogP contribution in [0.4, 0.5) is 5.69 Å². The summed E-state index contributed by atoms with van der Waals surface area (Å²) in [7, 11) is 0. The Kier molecular flexibility index (Phi) is 5.09. The number of amides is 1. The van der Waals surface area contributed by atoms with E-state index in [0.717, 1.165) is 36.5 Å². The minimum atomic E-state index is -0.0285. The van der Waals surface area contributed by atoms with Crippen molar-refractivity contribution < 1.29 is 9.53 Å². The van der Waals surface area contributed by atoms with Gasteiger partial charge in [0.2, 0.25) is 11.8 Å². The van der Waals surface area contributed by atoms with Crippen molar-refractivity contribution in [1.82, 2.24) is 4.98 Å². The molecule has 1 saturated carbocycles. The van der Waals surface area contributed by atoms with E-state index in [1.807, 2.05) is 26.0 Å². The highest BCUT2D eigenvalue weighted by Gasteiger charge is 2.39. The Bertz CT molecular complexity index is 837. The second-order valence-electron chi connectivity index (χ2n) is 7.88. The van der Waals surface area contributed by atoms with Gasteiger partial charge >= 0.3 is 0 Å². The molecule has 0 saturated heterocycles. The third kappa shape index (κ3) is 3.81. The molecule has 5 heteroatoms. The summed E-state index contributed by atoms with van der Waals surface area (Å²) >= 11 is 5.91. The third-order valence-corrected chi connectivity index (χ3v) is 6.37. The molecule has 27 heavy (non-hydrogen) atoms. The van der Waals surface area contributed by atoms with Crippen LogP contribution in [0.5, 0.6) is 5.88 Å². The average Bonchev–Trinajstić information content (AvgIpc) is 2.68. The molecule has 2 aliphatic rings. The van der Waals surface area contributed by atoms with Crippen LogP contribution in [0.15, 0.2) is 36.4 Å². The number of hydrogen-bond donors (Lipinski definition) is 1. The maximum atomic E-state index is 12.7. The van der Waals surface area contributed by atoms with E-state index in [0.29, 0.717) is 29.4 Å². The zero-order valence-corrected chi connectivity index (χ0v) is 16.5. The quantitative estimate of drug-likeness (QED) is 0.790. The van der Waals surface area contributed by atoms with E-state index in [-0.39, 0.29) is 11.8 Å². The Hall–Kier alpha value is -2.07. The Morgan fingerprint density at radius 3 is 2.78 bits per heavy atom. The van der Waals surface area contributed by atoms with Gasteiger partial charge in [-0.3, -0.25) is 4.79 Å². The number of anilines is 1. The molecule has 1 aromatic carbocycles. The second kappa shape index (κ2) is 7.51. The summed E-state index contributed by atoms with van der Waals surface area (Å²) in [5, 5.41) is 3.69. The number of nitrogens with one attached hydrogen (secondary N) is 1. The van der Waals surface area contributed by atoms with E-state index >= 15 is 0 Å². The van der Waals surface area contributed by atoms with Crippen molar-refractivity contribution in [2.45, 2.75) is 39.0 Å². The van der Waals surface area contributed by atoms with E-state index < -0.39 is 0 Å². The van der Waals surface area contributed by atoms with Gasteiger partial charge in [0.05, 0.1) is 6.61 Å². The average molecular weight is 385 g/mol. The van der Waals surface area contributed by atoms with Crippen LogP contribution >= 0.6 is 11.6 Å². The van der Waals surface area contributed by atoms with Crippen LogP contribution in [-0.4, -0.2) is 17.5 Å². The molecule has 4 rings (SSSR count). The molecule has 1 amide bonds. The molecule has 1 fully saturated rings. The molecule has 0 bridgehead atoms. The van der Waals surface area contributed by atoms with E-state index in [4.69, 9.17) is 16.3 Å². The zero-order chi connectivity index (χ0) is 19.0. The van der Waals surface area contributed by atoms with Crippen LogP contribution in [-0.2, 0) is 4.79 Å². The van der Waals surface area contributed by atoms with Gasteiger partial charge in [0.1, 0.15) is 0 Å². The maximum Gasteiger partial charge on any atom is 0.227 e. The summed E-state index contributed by atoms with van der Waals surface area (Å²) < 4.78 is 5.94. The monoisotopic (exact) mass is 384 g/mol. The number of nitrogens with zero attached hydrogens (tertiary/aromatic N) is 1. The highest BCUT2D eigenvalue weighted by atomic mass is 35.5.